The Hall–Kier alpha value is -1.62. The number of aromatic nitrogens is 4. The van der Waals surface area contributed by atoms with Crippen LogP contribution in [0.4, 0.5) is 0 Å². The van der Waals surface area contributed by atoms with E-state index in [-0.39, 0.29) is 0 Å². The minimum absolute atomic E-state index is 0.421. The number of hydrogen-bond acceptors (Lipinski definition) is 3. The standard InChI is InChI=1S/C15H25N5/c1-5-14(16-4)13-6-7-19(9-13)10-15-17-11-18-20(15)8-12(2)3/h6-7,9,11-12,14,16H,5,8,10H2,1-4H3. The fourth-order valence-corrected chi connectivity index (χ4v) is 2.44. The first-order valence-electron chi connectivity index (χ1n) is 7.33. The molecule has 1 N–H and O–H groups in total. The van der Waals surface area contributed by atoms with Crippen LogP contribution in [-0.4, -0.2) is 26.4 Å². The van der Waals surface area contributed by atoms with Gasteiger partial charge in [0.05, 0.1) is 6.54 Å². The van der Waals surface area contributed by atoms with Crippen molar-refractivity contribution in [3.63, 3.8) is 0 Å². The van der Waals surface area contributed by atoms with Crippen molar-refractivity contribution in [2.75, 3.05) is 7.05 Å². The maximum atomic E-state index is 4.37. The summed E-state index contributed by atoms with van der Waals surface area (Å²) in [6, 6.07) is 2.60. The summed E-state index contributed by atoms with van der Waals surface area (Å²) in [5.74, 6) is 1.59. The van der Waals surface area contributed by atoms with E-state index < -0.39 is 0 Å². The van der Waals surface area contributed by atoms with Crippen LogP contribution in [0.3, 0.4) is 0 Å². The molecule has 0 aliphatic heterocycles. The summed E-state index contributed by atoms with van der Waals surface area (Å²) in [5, 5.41) is 7.64. The van der Waals surface area contributed by atoms with Gasteiger partial charge in [-0.05, 0) is 31.0 Å². The molecular formula is C15H25N5. The second-order valence-corrected chi connectivity index (χ2v) is 5.62. The van der Waals surface area contributed by atoms with Crippen molar-refractivity contribution < 1.29 is 0 Å². The molecule has 2 heterocycles. The van der Waals surface area contributed by atoms with Crippen molar-refractivity contribution in [3.05, 3.63) is 36.2 Å². The monoisotopic (exact) mass is 275 g/mol. The van der Waals surface area contributed by atoms with Crippen molar-refractivity contribution in [3.8, 4) is 0 Å². The maximum absolute atomic E-state index is 4.37. The van der Waals surface area contributed by atoms with E-state index in [9.17, 15) is 0 Å². The van der Waals surface area contributed by atoms with Gasteiger partial charge < -0.3 is 9.88 Å². The van der Waals surface area contributed by atoms with Gasteiger partial charge in [0.1, 0.15) is 12.2 Å². The third-order valence-electron chi connectivity index (χ3n) is 3.49. The Morgan fingerprint density at radius 2 is 2.15 bits per heavy atom. The van der Waals surface area contributed by atoms with Gasteiger partial charge in [0.2, 0.25) is 0 Å². The van der Waals surface area contributed by atoms with Crippen molar-refractivity contribution >= 4 is 0 Å². The molecule has 0 spiro atoms. The smallest absolute Gasteiger partial charge is 0.146 e. The number of hydrogen-bond donors (Lipinski definition) is 1. The summed E-state index contributed by atoms with van der Waals surface area (Å²) in [6.07, 6.45) is 7.04. The molecule has 5 nitrogen and oxygen atoms in total. The normalized spacial score (nSPS) is 13.1. The molecule has 2 aromatic rings. The molecule has 0 radical (unpaired) electrons. The lowest BCUT2D eigenvalue weighted by Gasteiger charge is -2.12. The van der Waals surface area contributed by atoms with Crippen molar-refractivity contribution in [1.29, 1.82) is 0 Å². The third-order valence-corrected chi connectivity index (χ3v) is 3.49. The lowest BCUT2D eigenvalue weighted by atomic mass is 10.1. The Morgan fingerprint density at radius 1 is 1.35 bits per heavy atom. The average Bonchev–Trinajstić information content (AvgIpc) is 3.02. The van der Waals surface area contributed by atoms with Gasteiger partial charge in [-0.25, -0.2) is 9.67 Å². The highest BCUT2D eigenvalue weighted by Crippen LogP contribution is 2.16. The van der Waals surface area contributed by atoms with Crippen molar-refractivity contribution in [1.82, 2.24) is 24.6 Å². The van der Waals surface area contributed by atoms with Gasteiger partial charge in [-0.2, -0.15) is 5.10 Å². The van der Waals surface area contributed by atoms with E-state index in [2.05, 4.69) is 59.2 Å². The fourth-order valence-electron chi connectivity index (χ4n) is 2.44. The number of rotatable bonds is 7. The third kappa shape index (κ3) is 3.48. The van der Waals surface area contributed by atoms with E-state index in [4.69, 9.17) is 0 Å². The van der Waals surface area contributed by atoms with E-state index in [0.29, 0.717) is 12.0 Å². The zero-order valence-corrected chi connectivity index (χ0v) is 12.9. The SMILES string of the molecule is CCC(NC)c1ccn(Cc2ncnn2CC(C)C)c1. The summed E-state index contributed by atoms with van der Waals surface area (Å²) >= 11 is 0. The van der Waals surface area contributed by atoms with Crippen LogP contribution in [0.2, 0.25) is 0 Å². The zero-order chi connectivity index (χ0) is 14.5. The first-order valence-corrected chi connectivity index (χ1v) is 7.33. The van der Waals surface area contributed by atoms with Crippen molar-refractivity contribution in [2.45, 2.75) is 46.3 Å². The van der Waals surface area contributed by atoms with Gasteiger partial charge in [-0.1, -0.05) is 20.8 Å². The molecule has 0 saturated carbocycles. The molecule has 0 bridgehead atoms. The van der Waals surface area contributed by atoms with Gasteiger partial charge in [0.25, 0.3) is 0 Å². The van der Waals surface area contributed by atoms with E-state index in [0.717, 1.165) is 25.3 Å². The van der Waals surface area contributed by atoms with Crippen LogP contribution in [0, 0.1) is 5.92 Å². The van der Waals surface area contributed by atoms with Crippen LogP contribution in [0.1, 0.15) is 44.6 Å². The molecular weight excluding hydrogens is 250 g/mol. The predicted octanol–water partition coefficient (Wildman–Crippen LogP) is 2.45. The number of nitrogens with one attached hydrogen (secondary N) is 1. The van der Waals surface area contributed by atoms with Crippen molar-refractivity contribution in [2.24, 2.45) is 5.92 Å². The lowest BCUT2D eigenvalue weighted by molar-refractivity contribution is 0.461. The Kier molecular flexibility index (Phi) is 4.95. The molecule has 0 aliphatic rings. The molecule has 1 atom stereocenters. The second-order valence-electron chi connectivity index (χ2n) is 5.62. The topological polar surface area (TPSA) is 47.7 Å². The largest absolute Gasteiger partial charge is 0.346 e. The first-order chi connectivity index (χ1) is 9.63. The second kappa shape index (κ2) is 6.70. The van der Waals surface area contributed by atoms with Crippen LogP contribution in [-0.2, 0) is 13.1 Å². The molecule has 20 heavy (non-hydrogen) atoms. The van der Waals surface area contributed by atoms with Crippen LogP contribution in [0.25, 0.3) is 0 Å². The molecule has 0 amide bonds. The molecule has 0 saturated heterocycles. The highest BCUT2D eigenvalue weighted by atomic mass is 15.3. The summed E-state index contributed by atoms with van der Waals surface area (Å²) in [7, 11) is 2.00. The fraction of sp³-hybridized carbons (Fsp3) is 0.600. The van der Waals surface area contributed by atoms with Gasteiger partial charge in [-0.3, -0.25) is 0 Å². The molecule has 2 aromatic heterocycles. The average molecular weight is 275 g/mol. The summed E-state index contributed by atoms with van der Waals surface area (Å²) < 4.78 is 4.18. The summed E-state index contributed by atoms with van der Waals surface area (Å²) in [4.78, 5) is 4.37. The van der Waals surface area contributed by atoms with Gasteiger partial charge in [0.15, 0.2) is 0 Å². The molecule has 5 heteroatoms. The molecule has 0 fully saturated rings. The molecule has 0 aliphatic carbocycles. The van der Waals surface area contributed by atoms with Gasteiger partial charge in [0, 0.05) is 25.0 Å². The minimum Gasteiger partial charge on any atom is -0.346 e. The van der Waals surface area contributed by atoms with E-state index in [1.165, 1.54) is 5.56 Å². The Morgan fingerprint density at radius 3 is 2.80 bits per heavy atom. The highest BCUT2D eigenvalue weighted by molar-refractivity contribution is 5.15. The lowest BCUT2D eigenvalue weighted by Crippen LogP contribution is -2.15. The summed E-state index contributed by atoms with van der Waals surface area (Å²) in [6.45, 7) is 8.26. The molecule has 110 valence electrons. The molecule has 1 unspecified atom stereocenters. The van der Waals surface area contributed by atoms with Crippen LogP contribution in [0.15, 0.2) is 24.8 Å². The molecule has 0 aromatic carbocycles. The van der Waals surface area contributed by atoms with E-state index in [1.54, 1.807) is 6.33 Å². The Bertz CT molecular complexity index is 522. The first kappa shape index (κ1) is 14.8. The number of nitrogens with zero attached hydrogens (tertiary/aromatic N) is 4. The van der Waals surface area contributed by atoms with Gasteiger partial charge >= 0.3 is 0 Å². The maximum Gasteiger partial charge on any atom is 0.146 e. The highest BCUT2D eigenvalue weighted by Gasteiger charge is 2.10. The van der Waals surface area contributed by atoms with Crippen LogP contribution < -0.4 is 5.32 Å². The van der Waals surface area contributed by atoms with E-state index in [1.807, 2.05) is 11.7 Å². The van der Waals surface area contributed by atoms with E-state index >= 15 is 0 Å². The Balaban J connectivity index is 2.09. The van der Waals surface area contributed by atoms with Crippen LogP contribution in [0.5, 0.6) is 0 Å². The van der Waals surface area contributed by atoms with Gasteiger partial charge in [-0.15, -0.1) is 0 Å². The minimum atomic E-state index is 0.421. The quantitative estimate of drug-likeness (QED) is 0.844. The summed E-state index contributed by atoms with van der Waals surface area (Å²) in [5.41, 5.74) is 1.32. The zero-order valence-electron chi connectivity index (χ0n) is 12.9. The van der Waals surface area contributed by atoms with Crippen LogP contribution >= 0.6 is 0 Å². The molecule has 2 rings (SSSR count). The predicted molar refractivity (Wildman–Crippen MR) is 80.5 cm³/mol. The Labute approximate surface area is 121 Å².